The van der Waals surface area contributed by atoms with Crippen molar-refractivity contribution < 1.29 is 14.7 Å². The summed E-state index contributed by atoms with van der Waals surface area (Å²) in [4.78, 5) is 23.5. The zero-order valence-electron chi connectivity index (χ0n) is 11.9. The summed E-state index contributed by atoms with van der Waals surface area (Å²) < 4.78 is 0.570. The van der Waals surface area contributed by atoms with Crippen molar-refractivity contribution >= 4 is 33.5 Å². The predicted octanol–water partition coefficient (Wildman–Crippen LogP) is 3.01. The van der Waals surface area contributed by atoms with Crippen molar-refractivity contribution in [1.29, 1.82) is 0 Å². The molecule has 0 bridgehead atoms. The van der Waals surface area contributed by atoms with Crippen molar-refractivity contribution in [3.63, 3.8) is 0 Å². The van der Waals surface area contributed by atoms with Crippen molar-refractivity contribution in [3.05, 3.63) is 28.2 Å². The van der Waals surface area contributed by atoms with Crippen molar-refractivity contribution in [2.45, 2.75) is 38.1 Å². The molecule has 0 aromatic heterocycles. The standard InChI is InChI=1S/C15H19BrN2O3/c1-2-6-15(7-3-8-17-15)14(21)18-12-5-4-10(13(19)20)9-11(12)16/h4-5,9,17H,2-3,6-8H2,1H3,(H,18,21)(H,19,20). The maximum Gasteiger partial charge on any atom is 0.335 e. The summed E-state index contributed by atoms with van der Waals surface area (Å²) in [5.41, 5.74) is 0.274. The van der Waals surface area contributed by atoms with Crippen LogP contribution >= 0.6 is 15.9 Å². The number of benzene rings is 1. The lowest BCUT2D eigenvalue weighted by atomic mass is 9.90. The highest BCUT2D eigenvalue weighted by Gasteiger charge is 2.40. The molecule has 1 aromatic carbocycles. The number of carboxylic acid groups (broad SMARTS) is 1. The molecule has 1 saturated heterocycles. The summed E-state index contributed by atoms with van der Waals surface area (Å²) in [7, 11) is 0. The lowest BCUT2D eigenvalue weighted by molar-refractivity contribution is -0.122. The molecule has 5 nitrogen and oxygen atoms in total. The average molecular weight is 355 g/mol. The van der Waals surface area contributed by atoms with Gasteiger partial charge in [-0.3, -0.25) is 4.79 Å². The second kappa shape index (κ2) is 6.58. The summed E-state index contributed by atoms with van der Waals surface area (Å²) in [6.07, 6.45) is 3.55. The van der Waals surface area contributed by atoms with Crippen LogP contribution in [0.1, 0.15) is 43.0 Å². The highest BCUT2D eigenvalue weighted by Crippen LogP contribution is 2.29. The fourth-order valence-corrected chi connectivity index (χ4v) is 3.22. The van der Waals surface area contributed by atoms with Crippen molar-refractivity contribution in [2.24, 2.45) is 0 Å². The quantitative estimate of drug-likeness (QED) is 0.759. The van der Waals surface area contributed by atoms with Gasteiger partial charge in [-0.2, -0.15) is 0 Å². The number of carbonyl (C=O) groups is 2. The number of nitrogens with one attached hydrogen (secondary N) is 2. The molecular weight excluding hydrogens is 336 g/mol. The fourth-order valence-electron chi connectivity index (χ4n) is 2.75. The molecule has 2 rings (SSSR count). The van der Waals surface area contributed by atoms with Crippen LogP contribution in [0.25, 0.3) is 0 Å². The SMILES string of the molecule is CCCC1(C(=O)Nc2ccc(C(=O)O)cc2Br)CCCN1. The molecule has 1 aliphatic heterocycles. The Morgan fingerprint density at radius 3 is 2.76 bits per heavy atom. The van der Waals surface area contributed by atoms with Crippen molar-refractivity contribution in [3.8, 4) is 0 Å². The molecule has 114 valence electrons. The van der Waals surface area contributed by atoms with Gasteiger partial charge in [-0.15, -0.1) is 0 Å². The van der Waals surface area contributed by atoms with E-state index in [9.17, 15) is 9.59 Å². The zero-order valence-corrected chi connectivity index (χ0v) is 13.5. The highest BCUT2D eigenvalue weighted by molar-refractivity contribution is 9.10. The number of hydrogen-bond acceptors (Lipinski definition) is 3. The summed E-state index contributed by atoms with van der Waals surface area (Å²) in [6.45, 7) is 2.92. The maximum atomic E-state index is 12.6. The van der Waals surface area contributed by atoms with Crippen LogP contribution in [0.2, 0.25) is 0 Å². The van der Waals surface area contributed by atoms with Crippen LogP contribution < -0.4 is 10.6 Å². The Bertz CT molecular complexity index is 554. The maximum absolute atomic E-state index is 12.6. The lowest BCUT2D eigenvalue weighted by Crippen LogP contribution is -2.50. The van der Waals surface area contributed by atoms with Crippen molar-refractivity contribution in [1.82, 2.24) is 5.32 Å². The second-order valence-electron chi connectivity index (χ2n) is 5.32. The molecule has 1 heterocycles. The normalized spacial score (nSPS) is 21.2. The number of carboxylic acids is 1. The van der Waals surface area contributed by atoms with Crippen LogP contribution in [0.15, 0.2) is 22.7 Å². The van der Waals surface area contributed by atoms with Crippen molar-refractivity contribution in [2.75, 3.05) is 11.9 Å². The Balaban J connectivity index is 2.17. The van der Waals surface area contributed by atoms with Crippen LogP contribution in [0.5, 0.6) is 0 Å². The summed E-state index contributed by atoms with van der Waals surface area (Å²) in [5, 5.41) is 15.2. The van der Waals surface area contributed by atoms with E-state index in [1.165, 1.54) is 12.1 Å². The first-order valence-corrected chi connectivity index (χ1v) is 7.87. The molecule has 0 spiro atoms. The Morgan fingerprint density at radius 1 is 1.48 bits per heavy atom. The van der Waals surface area contributed by atoms with E-state index in [4.69, 9.17) is 5.11 Å². The molecule has 0 radical (unpaired) electrons. The van der Waals surface area contributed by atoms with Crippen LogP contribution in [-0.2, 0) is 4.79 Å². The van der Waals surface area contributed by atoms with E-state index in [2.05, 4.69) is 33.5 Å². The van der Waals surface area contributed by atoms with E-state index in [0.717, 1.165) is 32.2 Å². The monoisotopic (exact) mass is 354 g/mol. The van der Waals surface area contributed by atoms with Gasteiger partial charge in [0, 0.05) is 4.47 Å². The van der Waals surface area contributed by atoms with E-state index in [0.29, 0.717) is 10.2 Å². The van der Waals surface area contributed by atoms with Gasteiger partial charge in [-0.25, -0.2) is 4.79 Å². The first-order valence-electron chi connectivity index (χ1n) is 7.08. The fraction of sp³-hybridized carbons (Fsp3) is 0.467. The molecular formula is C15H19BrN2O3. The minimum absolute atomic E-state index is 0.0503. The number of rotatable bonds is 5. The molecule has 3 N–H and O–H groups in total. The third kappa shape index (κ3) is 3.44. The van der Waals surface area contributed by atoms with E-state index in [1.807, 2.05) is 0 Å². The number of halogens is 1. The van der Waals surface area contributed by atoms with E-state index in [-0.39, 0.29) is 11.5 Å². The number of aromatic carboxylic acids is 1. The number of hydrogen-bond donors (Lipinski definition) is 3. The van der Waals surface area contributed by atoms with Gasteiger partial charge in [0.1, 0.15) is 0 Å². The van der Waals surface area contributed by atoms with Gasteiger partial charge in [0.25, 0.3) is 0 Å². The predicted molar refractivity (Wildman–Crippen MR) is 84.6 cm³/mol. The van der Waals surface area contributed by atoms with Gasteiger partial charge in [0.05, 0.1) is 16.8 Å². The van der Waals surface area contributed by atoms with Crippen LogP contribution in [0, 0.1) is 0 Å². The van der Waals surface area contributed by atoms with Crippen LogP contribution in [0.4, 0.5) is 5.69 Å². The molecule has 21 heavy (non-hydrogen) atoms. The topological polar surface area (TPSA) is 78.4 Å². The summed E-state index contributed by atoms with van der Waals surface area (Å²) in [5.74, 6) is -1.04. The average Bonchev–Trinajstić information content (AvgIpc) is 2.91. The highest BCUT2D eigenvalue weighted by atomic mass is 79.9. The third-order valence-corrected chi connectivity index (χ3v) is 4.48. The minimum Gasteiger partial charge on any atom is -0.478 e. The van der Waals surface area contributed by atoms with Gasteiger partial charge in [-0.05, 0) is 59.9 Å². The van der Waals surface area contributed by atoms with E-state index < -0.39 is 11.5 Å². The molecule has 0 aliphatic carbocycles. The smallest absolute Gasteiger partial charge is 0.335 e. The van der Waals surface area contributed by atoms with E-state index >= 15 is 0 Å². The van der Waals surface area contributed by atoms with Gasteiger partial charge in [0.2, 0.25) is 5.91 Å². The molecule has 1 fully saturated rings. The Kier molecular flexibility index (Phi) is 5.00. The van der Waals surface area contributed by atoms with Gasteiger partial charge < -0.3 is 15.7 Å². The van der Waals surface area contributed by atoms with E-state index in [1.54, 1.807) is 6.07 Å². The van der Waals surface area contributed by atoms with Gasteiger partial charge >= 0.3 is 5.97 Å². The first-order chi connectivity index (χ1) is 9.98. The summed E-state index contributed by atoms with van der Waals surface area (Å²) in [6, 6.07) is 4.59. The molecule has 1 aliphatic rings. The summed E-state index contributed by atoms with van der Waals surface area (Å²) >= 11 is 3.31. The minimum atomic E-state index is -0.992. The van der Waals surface area contributed by atoms with Crippen LogP contribution in [-0.4, -0.2) is 29.1 Å². The van der Waals surface area contributed by atoms with Gasteiger partial charge in [-0.1, -0.05) is 13.3 Å². The molecule has 6 heteroatoms. The molecule has 1 atom stereocenters. The largest absolute Gasteiger partial charge is 0.478 e. The number of carbonyl (C=O) groups excluding carboxylic acids is 1. The first kappa shape index (κ1) is 16.0. The second-order valence-corrected chi connectivity index (χ2v) is 6.17. The Labute approximate surface area is 132 Å². The Hall–Kier alpha value is -1.40. The lowest BCUT2D eigenvalue weighted by Gasteiger charge is -2.28. The molecule has 0 saturated carbocycles. The molecule has 1 amide bonds. The number of amides is 1. The van der Waals surface area contributed by atoms with Crippen LogP contribution in [0.3, 0.4) is 0 Å². The zero-order chi connectivity index (χ0) is 15.5. The number of anilines is 1. The molecule has 1 aromatic rings. The van der Waals surface area contributed by atoms with Gasteiger partial charge in [0.15, 0.2) is 0 Å². The Morgan fingerprint density at radius 2 is 2.24 bits per heavy atom. The third-order valence-electron chi connectivity index (χ3n) is 3.82. The molecule has 1 unspecified atom stereocenters.